The minimum atomic E-state index is -0.0509. The minimum Gasteiger partial charge on any atom is -0.329 e. The summed E-state index contributed by atoms with van der Waals surface area (Å²) in [5, 5.41) is 0. The Balaban J connectivity index is 2.27. The van der Waals surface area contributed by atoms with Crippen LogP contribution in [-0.4, -0.2) is 12.3 Å². The van der Waals surface area contributed by atoms with Gasteiger partial charge in [0.05, 0.1) is 0 Å². The standard InChI is InChI=1S/C8H13NO/c9-5-8-2-1-6(4-8)3-7(8)10/h6H,1-5,9H2. The SMILES string of the molecule is NCC12CCC(CC1=O)C2. The topological polar surface area (TPSA) is 43.1 Å². The van der Waals surface area contributed by atoms with Crippen molar-refractivity contribution in [1.82, 2.24) is 0 Å². The quantitative estimate of drug-likeness (QED) is 0.581. The van der Waals surface area contributed by atoms with Crippen LogP contribution in [0.4, 0.5) is 0 Å². The average Bonchev–Trinajstić information content (AvgIpc) is 2.44. The first-order valence-corrected chi connectivity index (χ1v) is 4.00. The maximum atomic E-state index is 11.3. The molecular formula is C8H13NO. The molecule has 2 N–H and O–H groups in total. The molecule has 0 amide bonds. The predicted octanol–water partition coefficient (Wildman–Crippen LogP) is 0.704. The van der Waals surface area contributed by atoms with E-state index >= 15 is 0 Å². The maximum Gasteiger partial charge on any atom is 0.140 e. The van der Waals surface area contributed by atoms with Crippen LogP contribution in [0.5, 0.6) is 0 Å². The molecule has 0 radical (unpaired) electrons. The zero-order valence-electron chi connectivity index (χ0n) is 6.10. The second-order valence-electron chi connectivity index (χ2n) is 3.72. The summed E-state index contributed by atoms with van der Waals surface area (Å²) in [5.74, 6) is 1.13. The highest BCUT2D eigenvalue weighted by molar-refractivity contribution is 5.88. The van der Waals surface area contributed by atoms with Gasteiger partial charge in [0, 0.05) is 18.4 Å². The highest BCUT2D eigenvalue weighted by Crippen LogP contribution is 2.50. The van der Waals surface area contributed by atoms with Gasteiger partial charge in [0.25, 0.3) is 0 Å². The number of nitrogens with two attached hydrogens (primary N) is 1. The van der Waals surface area contributed by atoms with Crippen LogP contribution < -0.4 is 5.73 Å². The summed E-state index contributed by atoms with van der Waals surface area (Å²) in [4.78, 5) is 11.3. The molecule has 2 bridgehead atoms. The van der Waals surface area contributed by atoms with Gasteiger partial charge in [-0.2, -0.15) is 0 Å². The first-order chi connectivity index (χ1) is 4.77. The maximum absolute atomic E-state index is 11.3. The minimum absolute atomic E-state index is 0.0509. The van der Waals surface area contributed by atoms with Crippen molar-refractivity contribution >= 4 is 5.78 Å². The lowest BCUT2D eigenvalue weighted by atomic mass is 9.83. The molecule has 0 aromatic carbocycles. The Morgan fingerprint density at radius 3 is 2.80 bits per heavy atom. The van der Waals surface area contributed by atoms with E-state index < -0.39 is 0 Å². The Hall–Kier alpha value is -0.370. The molecule has 56 valence electrons. The monoisotopic (exact) mass is 139 g/mol. The summed E-state index contributed by atoms with van der Waals surface area (Å²) in [6.45, 7) is 0.586. The van der Waals surface area contributed by atoms with E-state index in [0.717, 1.165) is 19.3 Å². The smallest absolute Gasteiger partial charge is 0.140 e. The average molecular weight is 139 g/mol. The molecule has 2 rings (SSSR count). The molecule has 2 nitrogen and oxygen atoms in total. The third-order valence-corrected chi connectivity index (χ3v) is 3.17. The summed E-state index contributed by atoms with van der Waals surface area (Å²) in [6, 6.07) is 0. The lowest BCUT2D eigenvalue weighted by Crippen LogP contribution is -2.33. The molecule has 2 heteroatoms. The summed E-state index contributed by atoms with van der Waals surface area (Å²) < 4.78 is 0. The number of Topliss-reactive ketones (excluding diaryl/α,β-unsaturated/α-hetero) is 1. The van der Waals surface area contributed by atoms with Crippen LogP contribution in [0, 0.1) is 11.3 Å². The highest BCUT2D eigenvalue weighted by Gasteiger charge is 2.50. The number of hydrogen-bond acceptors (Lipinski definition) is 2. The van der Waals surface area contributed by atoms with Gasteiger partial charge >= 0.3 is 0 Å². The summed E-state index contributed by atoms with van der Waals surface area (Å²) in [7, 11) is 0. The van der Waals surface area contributed by atoms with Gasteiger partial charge in [0.1, 0.15) is 5.78 Å². The Morgan fingerprint density at radius 2 is 2.50 bits per heavy atom. The van der Waals surface area contributed by atoms with Crippen LogP contribution in [0.25, 0.3) is 0 Å². The Bertz CT molecular complexity index is 178. The molecule has 2 unspecified atom stereocenters. The van der Waals surface area contributed by atoms with Crippen molar-refractivity contribution in [2.24, 2.45) is 17.1 Å². The van der Waals surface area contributed by atoms with E-state index in [1.807, 2.05) is 0 Å². The third kappa shape index (κ3) is 0.601. The van der Waals surface area contributed by atoms with Gasteiger partial charge in [-0.25, -0.2) is 0 Å². The lowest BCUT2D eigenvalue weighted by Gasteiger charge is -2.21. The zero-order chi connectivity index (χ0) is 7.19. The van der Waals surface area contributed by atoms with Crippen molar-refractivity contribution in [3.05, 3.63) is 0 Å². The largest absolute Gasteiger partial charge is 0.329 e. The van der Waals surface area contributed by atoms with Crippen LogP contribution in [0.15, 0.2) is 0 Å². The van der Waals surface area contributed by atoms with Gasteiger partial charge in [-0.1, -0.05) is 0 Å². The Labute approximate surface area is 60.8 Å². The summed E-state index contributed by atoms with van der Waals surface area (Å²) in [6.07, 6.45) is 4.20. The van der Waals surface area contributed by atoms with Gasteiger partial charge in [0.2, 0.25) is 0 Å². The molecular weight excluding hydrogens is 126 g/mol. The third-order valence-electron chi connectivity index (χ3n) is 3.17. The molecule has 0 aliphatic heterocycles. The van der Waals surface area contributed by atoms with Gasteiger partial charge in [-0.3, -0.25) is 4.79 Å². The molecule has 2 fully saturated rings. The summed E-state index contributed by atoms with van der Waals surface area (Å²) in [5.41, 5.74) is 5.52. The molecule has 10 heavy (non-hydrogen) atoms. The van der Waals surface area contributed by atoms with E-state index in [1.165, 1.54) is 6.42 Å². The molecule has 2 atom stereocenters. The van der Waals surface area contributed by atoms with E-state index in [9.17, 15) is 4.79 Å². The number of ketones is 1. The van der Waals surface area contributed by atoms with Crippen molar-refractivity contribution in [2.75, 3.05) is 6.54 Å². The molecule has 2 saturated carbocycles. The fourth-order valence-electron chi connectivity index (χ4n) is 2.44. The molecule has 2 aliphatic carbocycles. The first kappa shape index (κ1) is 6.35. The number of carbonyl (C=O) groups is 1. The molecule has 0 aromatic heterocycles. The molecule has 0 aromatic rings. The zero-order valence-corrected chi connectivity index (χ0v) is 6.10. The highest BCUT2D eigenvalue weighted by atomic mass is 16.1. The second-order valence-corrected chi connectivity index (χ2v) is 3.72. The fourth-order valence-corrected chi connectivity index (χ4v) is 2.44. The van der Waals surface area contributed by atoms with Crippen LogP contribution in [0.1, 0.15) is 25.7 Å². The number of fused-ring (bicyclic) bond motifs is 2. The van der Waals surface area contributed by atoms with E-state index in [4.69, 9.17) is 5.73 Å². The van der Waals surface area contributed by atoms with Crippen LogP contribution in [-0.2, 0) is 4.79 Å². The summed E-state index contributed by atoms with van der Waals surface area (Å²) >= 11 is 0. The van der Waals surface area contributed by atoms with Crippen LogP contribution in [0.3, 0.4) is 0 Å². The number of rotatable bonds is 1. The van der Waals surface area contributed by atoms with Crippen LogP contribution >= 0.6 is 0 Å². The second kappa shape index (κ2) is 1.82. The Kier molecular flexibility index (Phi) is 1.15. The normalized spacial score (nSPS) is 44.9. The van der Waals surface area contributed by atoms with Crippen molar-refractivity contribution < 1.29 is 4.79 Å². The van der Waals surface area contributed by atoms with E-state index in [0.29, 0.717) is 18.2 Å². The predicted molar refractivity (Wildman–Crippen MR) is 38.5 cm³/mol. The molecule has 0 spiro atoms. The van der Waals surface area contributed by atoms with Crippen molar-refractivity contribution in [3.63, 3.8) is 0 Å². The molecule has 0 saturated heterocycles. The van der Waals surface area contributed by atoms with Gasteiger partial charge < -0.3 is 5.73 Å². The number of hydrogen-bond donors (Lipinski definition) is 1. The Morgan fingerprint density at radius 1 is 1.70 bits per heavy atom. The van der Waals surface area contributed by atoms with E-state index in [2.05, 4.69) is 0 Å². The van der Waals surface area contributed by atoms with Gasteiger partial charge in [-0.15, -0.1) is 0 Å². The van der Waals surface area contributed by atoms with E-state index in [1.54, 1.807) is 0 Å². The van der Waals surface area contributed by atoms with Gasteiger partial charge in [0.15, 0.2) is 0 Å². The first-order valence-electron chi connectivity index (χ1n) is 4.00. The van der Waals surface area contributed by atoms with Crippen molar-refractivity contribution in [3.8, 4) is 0 Å². The number of carbonyl (C=O) groups excluding carboxylic acids is 1. The molecule has 0 heterocycles. The van der Waals surface area contributed by atoms with E-state index in [-0.39, 0.29) is 5.41 Å². The lowest BCUT2D eigenvalue weighted by molar-refractivity contribution is -0.126. The van der Waals surface area contributed by atoms with Crippen LogP contribution in [0.2, 0.25) is 0 Å². The molecule has 2 aliphatic rings. The van der Waals surface area contributed by atoms with Crippen molar-refractivity contribution in [1.29, 1.82) is 0 Å². The fraction of sp³-hybridized carbons (Fsp3) is 0.875. The van der Waals surface area contributed by atoms with Gasteiger partial charge in [-0.05, 0) is 25.2 Å². The van der Waals surface area contributed by atoms with Crippen molar-refractivity contribution in [2.45, 2.75) is 25.7 Å².